The van der Waals surface area contributed by atoms with Gasteiger partial charge in [-0.25, -0.2) is 4.57 Å². The molecule has 0 saturated carbocycles. The highest BCUT2D eigenvalue weighted by atomic mass is 31.2. The molecular weight excluding hydrogens is 267 g/mol. The van der Waals surface area contributed by atoms with Gasteiger partial charge in [-0.3, -0.25) is 13.6 Å². The topological polar surface area (TPSA) is 54.0 Å². The second kappa shape index (κ2) is 8.88. The fourth-order valence-electron chi connectivity index (χ4n) is 1.81. The van der Waals surface area contributed by atoms with Crippen molar-refractivity contribution in [1.82, 2.24) is 0 Å². The molecule has 1 rings (SSSR count). The summed E-state index contributed by atoms with van der Waals surface area (Å²) >= 11 is 0. The first kappa shape index (κ1) is 16.9. The molecular formula is C13H25O5P. The highest BCUT2D eigenvalue weighted by Crippen LogP contribution is 2.50. The second-order valence-electron chi connectivity index (χ2n) is 4.33. The van der Waals surface area contributed by atoms with E-state index in [2.05, 4.69) is 6.92 Å². The van der Waals surface area contributed by atoms with E-state index in [0.29, 0.717) is 6.61 Å². The molecule has 0 aliphatic carbocycles. The van der Waals surface area contributed by atoms with Crippen molar-refractivity contribution in [3.63, 3.8) is 0 Å². The summed E-state index contributed by atoms with van der Waals surface area (Å²) < 4.78 is 33.4. The number of hydrogen-bond donors (Lipinski definition) is 0. The van der Waals surface area contributed by atoms with Crippen LogP contribution in [0.2, 0.25) is 0 Å². The summed E-state index contributed by atoms with van der Waals surface area (Å²) in [6, 6.07) is 0. The normalized spacial score (nSPS) is 23.7. The number of phosphoric acid groups is 1. The number of unbranched alkanes of at least 4 members (excludes halogenated alkanes) is 1. The molecule has 0 aromatic carbocycles. The monoisotopic (exact) mass is 292 g/mol. The van der Waals surface area contributed by atoms with Gasteiger partial charge in [-0.1, -0.05) is 31.9 Å². The number of phosphoric ester groups is 1. The minimum absolute atomic E-state index is 0.137. The molecule has 1 heterocycles. The van der Waals surface area contributed by atoms with Gasteiger partial charge in [-0.05, 0) is 20.3 Å². The Kier molecular flexibility index (Phi) is 7.88. The molecule has 0 N–H and O–H groups in total. The van der Waals surface area contributed by atoms with Crippen molar-refractivity contribution in [3.8, 4) is 0 Å². The third-order valence-corrected chi connectivity index (χ3v) is 4.37. The number of hydrogen-bond acceptors (Lipinski definition) is 5. The van der Waals surface area contributed by atoms with Crippen LogP contribution in [0.3, 0.4) is 0 Å². The highest BCUT2D eigenvalue weighted by molar-refractivity contribution is 7.48. The van der Waals surface area contributed by atoms with Crippen molar-refractivity contribution in [1.29, 1.82) is 0 Å². The van der Waals surface area contributed by atoms with Gasteiger partial charge in [0.1, 0.15) is 6.10 Å². The van der Waals surface area contributed by atoms with Gasteiger partial charge in [0, 0.05) is 0 Å². The summed E-state index contributed by atoms with van der Waals surface area (Å²) in [6.07, 6.45) is 6.91. The smallest absolute Gasteiger partial charge is 0.371 e. The average molecular weight is 292 g/mol. The Labute approximate surface area is 115 Å². The SMILES string of the molecule is CCCC[C@H]1C=C[C@H](OP(=O)(OCC)OCC)CO1. The molecule has 5 nitrogen and oxygen atoms in total. The molecule has 1 aliphatic heterocycles. The van der Waals surface area contributed by atoms with E-state index in [1.807, 2.05) is 12.2 Å². The molecule has 1 aliphatic rings. The van der Waals surface area contributed by atoms with Crippen LogP contribution in [0.1, 0.15) is 40.0 Å². The summed E-state index contributed by atoms with van der Waals surface area (Å²) in [5, 5.41) is 0. The molecule has 2 atom stereocenters. The van der Waals surface area contributed by atoms with Gasteiger partial charge in [0.05, 0.1) is 25.9 Å². The lowest BCUT2D eigenvalue weighted by molar-refractivity contribution is 0.00212. The molecule has 0 unspecified atom stereocenters. The summed E-state index contributed by atoms with van der Waals surface area (Å²) in [4.78, 5) is 0. The third-order valence-electron chi connectivity index (χ3n) is 2.70. The summed E-state index contributed by atoms with van der Waals surface area (Å²) in [5.41, 5.74) is 0. The maximum Gasteiger partial charge on any atom is 0.475 e. The van der Waals surface area contributed by atoms with E-state index in [4.69, 9.17) is 18.3 Å². The predicted octanol–water partition coefficient (Wildman–Crippen LogP) is 3.70. The van der Waals surface area contributed by atoms with E-state index in [9.17, 15) is 4.57 Å². The van der Waals surface area contributed by atoms with Crippen LogP contribution in [-0.4, -0.2) is 32.0 Å². The van der Waals surface area contributed by atoms with Gasteiger partial charge in [0.15, 0.2) is 0 Å². The second-order valence-corrected chi connectivity index (χ2v) is 5.95. The fourth-order valence-corrected chi connectivity index (χ4v) is 3.10. The van der Waals surface area contributed by atoms with Crippen LogP contribution < -0.4 is 0 Å². The van der Waals surface area contributed by atoms with Crippen LogP contribution in [0.25, 0.3) is 0 Å². The van der Waals surface area contributed by atoms with Crippen molar-refractivity contribution in [2.45, 2.75) is 52.2 Å². The van der Waals surface area contributed by atoms with Crippen LogP contribution in [-0.2, 0) is 22.9 Å². The van der Waals surface area contributed by atoms with Crippen molar-refractivity contribution in [2.24, 2.45) is 0 Å². The fraction of sp³-hybridized carbons (Fsp3) is 0.846. The van der Waals surface area contributed by atoms with E-state index in [1.54, 1.807) is 13.8 Å². The first-order valence-electron chi connectivity index (χ1n) is 7.01. The number of ether oxygens (including phenoxy) is 1. The van der Waals surface area contributed by atoms with Crippen LogP contribution in [0.5, 0.6) is 0 Å². The molecule has 6 heteroatoms. The molecule has 0 fully saturated rings. The van der Waals surface area contributed by atoms with Crippen LogP contribution in [0.4, 0.5) is 0 Å². The van der Waals surface area contributed by atoms with Crippen LogP contribution in [0, 0.1) is 0 Å². The molecule has 0 aromatic heterocycles. The van der Waals surface area contributed by atoms with Crippen molar-refractivity contribution < 1.29 is 22.9 Å². The van der Waals surface area contributed by atoms with E-state index >= 15 is 0 Å². The lowest BCUT2D eigenvalue weighted by Gasteiger charge is -2.26. The van der Waals surface area contributed by atoms with Gasteiger partial charge in [-0.2, -0.15) is 0 Å². The zero-order valence-corrected chi connectivity index (χ0v) is 12.9. The molecule has 0 spiro atoms. The standard InChI is InChI=1S/C13H25O5P/c1-4-7-8-12-9-10-13(11-15-12)18-19(14,16-5-2)17-6-3/h9-10,12-13H,4-8,11H2,1-3H3/t12-,13-/m0/s1. The molecule has 0 radical (unpaired) electrons. The van der Waals surface area contributed by atoms with Crippen LogP contribution >= 0.6 is 7.82 Å². The first-order chi connectivity index (χ1) is 9.13. The molecule has 112 valence electrons. The van der Waals surface area contributed by atoms with E-state index in [-0.39, 0.29) is 25.4 Å². The van der Waals surface area contributed by atoms with E-state index < -0.39 is 7.82 Å². The Morgan fingerprint density at radius 3 is 2.37 bits per heavy atom. The Morgan fingerprint density at radius 1 is 1.21 bits per heavy atom. The molecule has 0 saturated heterocycles. The van der Waals surface area contributed by atoms with Gasteiger partial charge in [0.2, 0.25) is 0 Å². The minimum atomic E-state index is -3.46. The lowest BCUT2D eigenvalue weighted by atomic mass is 10.1. The van der Waals surface area contributed by atoms with Crippen molar-refractivity contribution in [3.05, 3.63) is 12.2 Å². The Hall–Kier alpha value is -0.190. The Bertz CT molecular complexity index is 308. The summed E-state index contributed by atoms with van der Waals surface area (Å²) in [7, 11) is -3.46. The largest absolute Gasteiger partial charge is 0.475 e. The average Bonchev–Trinajstić information content (AvgIpc) is 2.38. The zero-order chi connectivity index (χ0) is 14.1. The highest BCUT2D eigenvalue weighted by Gasteiger charge is 2.30. The van der Waals surface area contributed by atoms with Crippen LogP contribution in [0.15, 0.2) is 12.2 Å². The van der Waals surface area contributed by atoms with Crippen molar-refractivity contribution >= 4 is 7.82 Å². The Morgan fingerprint density at radius 2 is 1.89 bits per heavy atom. The predicted molar refractivity (Wildman–Crippen MR) is 74.1 cm³/mol. The van der Waals surface area contributed by atoms with E-state index in [1.165, 1.54) is 0 Å². The van der Waals surface area contributed by atoms with Gasteiger partial charge >= 0.3 is 7.82 Å². The van der Waals surface area contributed by atoms with Gasteiger partial charge < -0.3 is 4.74 Å². The molecule has 0 bridgehead atoms. The van der Waals surface area contributed by atoms with Gasteiger partial charge in [0.25, 0.3) is 0 Å². The minimum Gasteiger partial charge on any atom is -0.371 e. The summed E-state index contributed by atoms with van der Waals surface area (Å²) in [5.74, 6) is 0. The van der Waals surface area contributed by atoms with Crippen molar-refractivity contribution in [2.75, 3.05) is 19.8 Å². The molecule has 0 amide bonds. The quantitative estimate of drug-likeness (QED) is 0.479. The van der Waals surface area contributed by atoms with E-state index in [0.717, 1.165) is 19.3 Å². The molecule has 19 heavy (non-hydrogen) atoms. The third kappa shape index (κ3) is 6.19. The van der Waals surface area contributed by atoms with Gasteiger partial charge in [-0.15, -0.1) is 0 Å². The zero-order valence-electron chi connectivity index (χ0n) is 12.0. The lowest BCUT2D eigenvalue weighted by Crippen LogP contribution is -2.26. The molecule has 0 aromatic rings. The summed E-state index contributed by atoms with van der Waals surface area (Å²) in [6.45, 7) is 6.61. The number of rotatable bonds is 9. The maximum atomic E-state index is 12.2. The maximum absolute atomic E-state index is 12.2. The first-order valence-corrected chi connectivity index (χ1v) is 8.47. The Balaban J connectivity index is 2.47.